The molecule has 100 valence electrons. The lowest BCUT2D eigenvalue weighted by Gasteiger charge is -2.14. The van der Waals surface area contributed by atoms with Crippen LogP contribution >= 0.6 is 11.6 Å². The largest absolute Gasteiger partial charge is 0.495 e. The van der Waals surface area contributed by atoms with Gasteiger partial charge in [-0.15, -0.1) is 0 Å². The van der Waals surface area contributed by atoms with Crippen molar-refractivity contribution in [1.82, 2.24) is 4.98 Å². The molecule has 2 rings (SSSR count). The van der Waals surface area contributed by atoms with Crippen molar-refractivity contribution >= 4 is 11.6 Å². The van der Waals surface area contributed by atoms with Crippen LogP contribution in [0.3, 0.4) is 0 Å². The predicted octanol–water partition coefficient (Wildman–Crippen LogP) is 3.10. The van der Waals surface area contributed by atoms with Crippen molar-refractivity contribution in [1.29, 1.82) is 0 Å². The Balaban J connectivity index is 2.50. The molecule has 0 aliphatic carbocycles. The van der Waals surface area contributed by atoms with Crippen LogP contribution in [0, 0.1) is 11.6 Å². The summed E-state index contributed by atoms with van der Waals surface area (Å²) in [5.41, 5.74) is -0.149. The second kappa shape index (κ2) is 5.50. The Kier molecular flexibility index (Phi) is 3.97. The first-order valence-electron chi connectivity index (χ1n) is 5.36. The van der Waals surface area contributed by atoms with Crippen molar-refractivity contribution in [3.05, 3.63) is 58.4 Å². The molecule has 3 nitrogen and oxygen atoms in total. The summed E-state index contributed by atoms with van der Waals surface area (Å²) in [5, 5.41) is 9.76. The first-order valence-corrected chi connectivity index (χ1v) is 5.73. The third-order valence-electron chi connectivity index (χ3n) is 2.61. The summed E-state index contributed by atoms with van der Waals surface area (Å²) in [6, 6.07) is 4.82. The number of benzene rings is 1. The van der Waals surface area contributed by atoms with Crippen molar-refractivity contribution in [3.63, 3.8) is 0 Å². The minimum atomic E-state index is -1.44. The number of ether oxygens (including phenoxy) is 1. The van der Waals surface area contributed by atoms with E-state index in [-0.39, 0.29) is 22.0 Å². The Labute approximate surface area is 113 Å². The molecular formula is C13H10ClF2NO2. The van der Waals surface area contributed by atoms with Crippen LogP contribution in [0.15, 0.2) is 30.5 Å². The number of nitrogens with zero attached hydrogens (tertiary/aromatic N) is 1. The summed E-state index contributed by atoms with van der Waals surface area (Å²) >= 11 is 5.46. The third kappa shape index (κ3) is 2.67. The molecule has 0 bridgehead atoms. The number of rotatable bonds is 3. The van der Waals surface area contributed by atoms with Crippen LogP contribution < -0.4 is 4.74 Å². The lowest BCUT2D eigenvalue weighted by atomic mass is 10.0. The topological polar surface area (TPSA) is 42.4 Å². The van der Waals surface area contributed by atoms with Crippen molar-refractivity contribution in [2.45, 2.75) is 6.10 Å². The minimum Gasteiger partial charge on any atom is -0.495 e. The number of halogens is 3. The molecule has 0 saturated heterocycles. The second-order valence-electron chi connectivity index (χ2n) is 3.78. The number of aliphatic hydroxyl groups is 1. The van der Waals surface area contributed by atoms with Crippen LogP contribution in [-0.2, 0) is 0 Å². The van der Waals surface area contributed by atoms with E-state index in [1.807, 2.05) is 0 Å². The molecule has 6 heteroatoms. The first-order chi connectivity index (χ1) is 9.04. The zero-order chi connectivity index (χ0) is 14.0. The fraction of sp³-hybridized carbons (Fsp3) is 0.154. The van der Waals surface area contributed by atoms with Gasteiger partial charge in [-0.05, 0) is 24.3 Å². The SMILES string of the molecule is COc1cccnc1C(O)c1cc(F)c(Cl)cc1F. The summed E-state index contributed by atoms with van der Waals surface area (Å²) in [7, 11) is 1.39. The second-order valence-corrected chi connectivity index (χ2v) is 4.19. The van der Waals surface area contributed by atoms with E-state index in [1.165, 1.54) is 13.3 Å². The van der Waals surface area contributed by atoms with Gasteiger partial charge in [-0.25, -0.2) is 8.78 Å². The van der Waals surface area contributed by atoms with Crippen LogP contribution in [0.1, 0.15) is 17.4 Å². The van der Waals surface area contributed by atoms with Gasteiger partial charge in [0.25, 0.3) is 0 Å². The average Bonchev–Trinajstić information content (AvgIpc) is 2.42. The van der Waals surface area contributed by atoms with E-state index in [2.05, 4.69) is 4.98 Å². The Morgan fingerprint density at radius 2 is 2.05 bits per heavy atom. The van der Waals surface area contributed by atoms with Gasteiger partial charge in [-0.2, -0.15) is 0 Å². The molecule has 0 aliphatic rings. The molecule has 1 atom stereocenters. The molecule has 0 radical (unpaired) electrons. The molecule has 0 saturated carbocycles. The van der Waals surface area contributed by atoms with Crippen molar-refractivity contribution < 1.29 is 18.6 Å². The highest BCUT2D eigenvalue weighted by molar-refractivity contribution is 6.30. The lowest BCUT2D eigenvalue weighted by Crippen LogP contribution is -2.07. The lowest BCUT2D eigenvalue weighted by molar-refractivity contribution is 0.203. The van der Waals surface area contributed by atoms with Crippen molar-refractivity contribution in [2.24, 2.45) is 0 Å². The van der Waals surface area contributed by atoms with Gasteiger partial charge in [0, 0.05) is 11.8 Å². The van der Waals surface area contributed by atoms with Gasteiger partial charge in [0.2, 0.25) is 0 Å². The molecule has 1 heterocycles. The number of hydrogen-bond acceptors (Lipinski definition) is 3. The molecule has 1 N–H and O–H groups in total. The summed E-state index contributed by atoms with van der Waals surface area (Å²) < 4.78 is 32.1. The number of pyridine rings is 1. The van der Waals surface area contributed by atoms with Gasteiger partial charge in [0.1, 0.15) is 29.2 Å². The third-order valence-corrected chi connectivity index (χ3v) is 2.90. The molecule has 1 aromatic heterocycles. The van der Waals surface area contributed by atoms with Gasteiger partial charge in [0.15, 0.2) is 0 Å². The Bertz CT molecular complexity index is 607. The van der Waals surface area contributed by atoms with Crippen molar-refractivity contribution in [2.75, 3.05) is 7.11 Å². The summed E-state index contributed by atoms with van der Waals surface area (Å²) in [4.78, 5) is 3.92. The van der Waals surface area contributed by atoms with Gasteiger partial charge < -0.3 is 9.84 Å². The normalized spacial score (nSPS) is 12.3. The van der Waals surface area contributed by atoms with Crippen LogP contribution in [0.5, 0.6) is 5.75 Å². The van der Waals surface area contributed by atoms with E-state index in [9.17, 15) is 13.9 Å². The molecule has 1 aromatic carbocycles. The van der Waals surface area contributed by atoms with E-state index >= 15 is 0 Å². The maximum Gasteiger partial charge on any atom is 0.143 e. The highest BCUT2D eigenvalue weighted by Gasteiger charge is 2.21. The Morgan fingerprint density at radius 3 is 2.74 bits per heavy atom. The molecule has 0 fully saturated rings. The number of aromatic nitrogens is 1. The van der Waals surface area contributed by atoms with Crippen LogP contribution in [0.2, 0.25) is 5.02 Å². The quantitative estimate of drug-likeness (QED) is 0.881. The van der Waals surface area contributed by atoms with Gasteiger partial charge >= 0.3 is 0 Å². The number of hydrogen-bond donors (Lipinski definition) is 1. The van der Waals surface area contributed by atoms with E-state index in [0.29, 0.717) is 0 Å². The molecule has 0 aliphatic heterocycles. The zero-order valence-electron chi connectivity index (χ0n) is 9.90. The molecule has 0 amide bonds. The highest BCUT2D eigenvalue weighted by Crippen LogP contribution is 2.31. The van der Waals surface area contributed by atoms with Gasteiger partial charge in [0.05, 0.1) is 12.1 Å². The maximum absolute atomic E-state index is 13.7. The number of methoxy groups -OCH3 is 1. The molecule has 2 aromatic rings. The average molecular weight is 286 g/mol. The van der Waals surface area contributed by atoms with E-state index in [4.69, 9.17) is 16.3 Å². The summed E-state index contributed by atoms with van der Waals surface area (Å²) in [6.07, 6.45) is -0.0199. The molecule has 0 spiro atoms. The van der Waals surface area contributed by atoms with Gasteiger partial charge in [-0.3, -0.25) is 4.98 Å². The van der Waals surface area contributed by atoms with Crippen LogP contribution in [0.4, 0.5) is 8.78 Å². The predicted molar refractivity (Wildman–Crippen MR) is 66.2 cm³/mol. The van der Waals surface area contributed by atoms with E-state index in [0.717, 1.165) is 12.1 Å². The minimum absolute atomic E-state index is 0.102. The zero-order valence-corrected chi connectivity index (χ0v) is 10.7. The Morgan fingerprint density at radius 1 is 1.32 bits per heavy atom. The van der Waals surface area contributed by atoms with Crippen molar-refractivity contribution in [3.8, 4) is 5.75 Å². The van der Waals surface area contributed by atoms with E-state index < -0.39 is 17.7 Å². The smallest absolute Gasteiger partial charge is 0.143 e. The van der Waals surface area contributed by atoms with Gasteiger partial charge in [-0.1, -0.05) is 11.6 Å². The first kappa shape index (κ1) is 13.7. The Hall–Kier alpha value is -1.72. The molecular weight excluding hydrogens is 276 g/mol. The summed E-state index contributed by atoms with van der Waals surface area (Å²) in [6.45, 7) is 0. The fourth-order valence-electron chi connectivity index (χ4n) is 1.68. The monoisotopic (exact) mass is 285 g/mol. The van der Waals surface area contributed by atoms with Crippen LogP contribution in [0.25, 0.3) is 0 Å². The van der Waals surface area contributed by atoms with Crippen LogP contribution in [-0.4, -0.2) is 17.2 Å². The summed E-state index contributed by atoms with van der Waals surface area (Å²) in [5.74, 6) is -1.34. The molecule has 19 heavy (non-hydrogen) atoms. The fourth-order valence-corrected chi connectivity index (χ4v) is 1.83. The van der Waals surface area contributed by atoms with E-state index in [1.54, 1.807) is 12.1 Å². The highest BCUT2D eigenvalue weighted by atomic mass is 35.5. The number of aliphatic hydroxyl groups excluding tert-OH is 1. The standard InChI is InChI=1S/C13H10ClF2NO2/c1-19-11-3-2-4-17-12(11)13(18)7-5-10(16)8(14)6-9(7)15/h2-6,13,18H,1H3. The maximum atomic E-state index is 13.7. The molecule has 1 unspecified atom stereocenters.